The first-order valence-corrected chi connectivity index (χ1v) is 13.4. The Kier molecular flexibility index (Phi) is 7.70. The molecule has 0 heterocycles. The molecule has 5 heteroatoms. The maximum atomic E-state index is 13.5. The van der Waals surface area contributed by atoms with Gasteiger partial charge in [-0.2, -0.15) is 0 Å². The van der Waals surface area contributed by atoms with Gasteiger partial charge >= 0.3 is 5.97 Å². The molecule has 3 aliphatic rings. The van der Waals surface area contributed by atoms with Crippen molar-refractivity contribution in [3.8, 4) is 0 Å². The Morgan fingerprint density at radius 3 is 2.46 bits per heavy atom. The van der Waals surface area contributed by atoms with E-state index in [1.807, 2.05) is 13.8 Å². The van der Waals surface area contributed by atoms with Crippen LogP contribution in [0.25, 0.3) is 0 Å². The second-order valence-electron chi connectivity index (χ2n) is 12.6. The highest BCUT2D eigenvalue weighted by atomic mass is 16.4. The van der Waals surface area contributed by atoms with Gasteiger partial charge in [0.15, 0.2) is 5.78 Å². The van der Waals surface area contributed by atoms with Crippen molar-refractivity contribution in [1.82, 2.24) is 0 Å². The lowest BCUT2D eigenvalue weighted by atomic mass is 9.42. The average molecular weight is 485 g/mol. The third-order valence-corrected chi connectivity index (χ3v) is 10.2. The highest BCUT2D eigenvalue weighted by Crippen LogP contribution is 2.65. The summed E-state index contributed by atoms with van der Waals surface area (Å²) in [6.07, 6.45) is 9.30. The van der Waals surface area contributed by atoms with Gasteiger partial charge in [0.1, 0.15) is 11.6 Å². The van der Waals surface area contributed by atoms with E-state index in [-0.39, 0.29) is 40.2 Å². The highest BCUT2D eigenvalue weighted by Gasteiger charge is 2.61. The number of rotatable bonds is 8. The molecule has 3 rings (SSSR count). The van der Waals surface area contributed by atoms with E-state index < -0.39 is 11.4 Å². The van der Waals surface area contributed by atoms with Crippen LogP contribution in [0.4, 0.5) is 0 Å². The lowest BCUT2D eigenvalue weighted by Gasteiger charge is -2.61. The Bertz CT molecular complexity index is 969. The zero-order valence-electron chi connectivity index (χ0n) is 22.7. The molecule has 0 radical (unpaired) electrons. The molecule has 0 aromatic rings. The second kappa shape index (κ2) is 9.78. The molecule has 5 nitrogen and oxygen atoms in total. The first-order chi connectivity index (χ1) is 16.2. The van der Waals surface area contributed by atoms with Crippen LogP contribution in [0, 0.1) is 39.9 Å². The highest BCUT2D eigenvalue weighted by molar-refractivity contribution is 6.00. The van der Waals surface area contributed by atoms with E-state index in [2.05, 4.69) is 33.8 Å². The summed E-state index contributed by atoms with van der Waals surface area (Å²) < 4.78 is 0. The third kappa shape index (κ3) is 4.84. The molecule has 6 atom stereocenters. The summed E-state index contributed by atoms with van der Waals surface area (Å²) in [5.41, 5.74) is 0.180. The average Bonchev–Trinajstić information content (AvgIpc) is 2.79. The fraction of sp³-hybridized carbons (Fsp3) is 0.733. The maximum absolute atomic E-state index is 13.5. The standard InChI is InChI=1S/C30H44O5/c1-18(9-8-10-19(2)27(34)35)23(31)13-15-30(7)21-11-12-24-28(4,5)25(32)14-16-29(24,6)22(21)17-20(3)26(30)33/h10,17-18,21-22,24H,8-9,11-16H2,1-7H3,(H,34,35)/b19-10-/t18?,21?,22?,24?,29-,30-/m1/s1. The number of Topliss-reactive ketones (excluding diaryl/α,β-unsaturated/α-hetero) is 3. The van der Waals surface area contributed by atoms with Crippen molar-refractivity contribution in [2.45, 2.75) is 99.8 Å². The summed E-state index contributed by atoms with van der Waals surface area (Å²) in [4.78, 5) is 50.3. The van der Waals surface area contributed by atoms with E-state index in [0.717, 1.165) is 24.8 Å². The van der Waals surface area contributed by atoms with Crippen molar-refractivity contribution >= 4 is 23.3 Å². The Morgan fingerprint density at radius 2 is 1.83 bits per heavy atom. The number of hydrogen-bond donors (Lipinski definition) is 1. The van der Waals surface area contributed by atoms with Crippen LogP contribution in [-0.2, 0) is 19.2 Å². The number of aliphatic carboxylic acids is 1. The number of carboxylic acids is 1. The van der Waals surface area contributed by atoms with Crippen LogP contribution in [0.1, 0.15) is 99.8 Å². The molecular weight excluding hydrogens is 440 g/mol. The number of ketones is 3. The summed E-state index contributed by atoms with van der Waals surface area (Å²) in [6.45, 7) is 14.0. The molecule has 2 saturated carbocycles. The number of carboxylic acid groups (broad SMARTS) is 1. The Morgan fingerprint density at radius 1 is 1.17 bits per heavy atom. The largest absolute Gasteiger partial charge is 0.478 e. The van der Waals surface area contributed by atoms with E-state index >= 15 is 0 Å². The molecule has 0 spiro atoms. The van der Waals surface area contributed by atoms with Crippen molar-refractivity contribution in [2.24, 2.45) is 39.9 Å². The van der Waals surface area contributed by atoms with Crippen molar-refractivity contribution in [1.29, 1.82) is 0 Å². The molecule has 0 bridgehead atoms. The van der Waals surface area contributed by atoms with Gasteiger partial charge in [-0.15, -0.1) is 0 Å². The minimum Gasteiger partial charge on any atom is -0.478 e. The SMILES string of the molecule is CC1=CC2C(CCC3C(C)(C)C(=O)CC[C@]23C)[C@@](C)(CCC(=O)C(C)CC/C=C(/C)C(=O)O)C1=O. The molecule has 0 saturated heterocycles. The first kappa shape index (κ1) is 27.5. The van der Waals surface area contributed by atoms with Gasteiger partial charge in [0.2, 0.25) is 0 Å². The number of carbonyl (C=O) groups excluding carboxylic acids is 3. The lowest BCUT2D eigenvalue weighted by Crippen LogP contribution is -2.59. The molecule has 0 amide bonds. The zero-order valence-corrected chi connectivity index (χ0v) is 22.7. The van der Waals surface area contributed by atoms with Crippen molar-refractivity contribution in [3.63, 3.8) is 0 Å². The van der Waals surface area contributed by atoms with Gasteiger partial charge in [-0.25, -0.2) is 4.79 Å². The summed E-state index contributed by atoms with van der Waals surface area (Å²) in [5.74, 6) is 0.326. The normalized spacial score (nSPS) is 35.6. The van der Waals surface area contributed by atoms with Gasteiger partial charge in [0.05, 0.1) is 0 Å². The Labute approximate surface area is 210 Å². The van der Waals surface area contributed by atoms with Crippen LogP contribution in [0.15, 0.2) is 23.3 Å². The molecule has 1 N–H and O–H groups in total. The van der Waals surface area contributed by atoms with Gasteiger partial charge in [0.25, 0.3) is 0 Å². The molecular formula is C30H44O5. The summed E-state index contributed by atoms with van der Waals surface area (Å²) in [5, 5.41) is 9.00. The summed E-state index contributed by atoms with van der Waals surface area (Å²) in [7, 11) is 0. The summed E-state index contributed by atoms with van der Waals surface area (Å²) in [6, 6.07) is 0. The fourth-order valence-corrected chi connectivity index (χ4v) is 7.68. The van der Waals surface area contributed by atoms with Crippen LogP contribution < -0.4 is 0 Å². The number of allylic oxidation sites excluding steroid dienone is 3. The number of carbonyl (C=O) groups is 4. The van der Waals surface area contributed by atoms with E-state index in [1.54, 1.807) is 13.0 Å². The van der Waals surface area contributed by atoms with Gasteiger partial charge in [-0.05, 0) is 81.1 Å². The topological polar surface area (TPSA) is 88.5 Å². The predicted molar refractivity (Wildman–Crippen MR) is 137 cm³/mol. The lowest BCUT2D eigenvalue weighted by molar-refractivity contribution is -0.158. The molecule has 0 aliphatic heterocycles. The Balaban J connectivity index is 1.76. The van der Waals surface area contributed by atoms with E-state index in [9.17, 15) is 19.2 Å². The van der Waals surface area contributed by atoms with E-state index in [0.29, 0.717) is 49.4 Å². The number of hydrogen-bond acceptors (Lipinski definition) is 4. The predicted octanol–water partition coefficient (Wildman–Crippen LogP) is 6.36. The van der Waals surface area contributed by atoms with E-state index in [4.69, 9.17) is 5.11 Å². The van der Waals surface area contributed by atoms with Gasteiger partial charge in [-0.1, -0.05) is 46.8 Å². The molecule has 3 aliphatic carbocycles. The van der Waals surface area contributed by atoms with Crippen LogP contribution >= 0.6 is 0 Å². The smallest absolute Gasteiger partial charge is 0.330 e. The van der Waals surface area contributed by atoms with E-state index in [1.165, 1.54) is 0 Å². The molecule has 2 fully saturated rings. The Hall–Kier alpha value is -2.04. The molecule has 194 valence electrons. The van der Waals surface area contributed by atoms with Gasteiger partial charge < -0.3 is 5.11 Å². The maximum Gasteiger partial charge on any atom is 0.330 e. The molecule has 0 aromatic heterocycles. The fourth-order valence-electron chi connectivity index (χ4n) is 7.68. The van der Waals surface area contributed by atoms with Crippen LogP contribution in [0.3, 0.4) is 0 Å². The third-order valence-electron chi connectivity index (χ3n) is 10.2. The number of fused-ring (bicyclic) bond motifs is 3. The first-order valence-electron chi connectivity index (χ1n) is 13.4. The van der Waals surface area contributed by atoms with Crippen LogP contribution in [-0.4, -0.2) is 28.4 Å². The second-order valence-corrected chi connectivity index (χ2v) is 12.6. The molecule has 35 heavy (non-hydrogen) atoms. The molecule has 0 aromatic carbocycles. The van der Waals surface area contributed by atoms with Gasteiger partial charge in [0, 0.05) is 35.2 Å². The minimum atomic E-state index is -0.931. The monoisotopic (exact) mass is 484 g/mol. The van der Waals surface area contributed by atoms with Gasteiger partial charge in [-0.3, -0.25) is 14.4 Å². The van der Waals surface area contributed by atoms with Crippen LogP contribution in [0.2, 0.25) is 0 Å². The summed E-state index contributed by atoms with van der Waals surface area (Å²) >= 11 is 0. The van der Waals surface area contributed by atoms with Crippen molar-refractivity contribution < 1.29 is 24.3 Å². The quantitative estimate of drug-likeness (QED) is 0.405. The minimum absolute atomic E-state index is 0.0187. The van der Waals surface area contributed by atoms with Crippen molar-refractivity contribution in [3.05, 3.63) is 23.3 Å². The zero-order chi connectivity index (χ0) is 26.3. The molecule has 4 unspecified atom stereocenters. The van der Waals surface area contributed by atoms with Crippen LogP contribution in [0.5, 0.6) is 0 Å². The van der Waals surface area contributed by atoms with Crippen molar-refractivity contribution in [2.75, 3.05) is 0 Å².